The molecule has 2 rings (SSSR count). The van der Waals surface area contributed by atoms with Crippen molar-refractivity contribution in [1.82, 2.24) is 20.3 Å². The molecule has 72 valence electrons. The first-order valence-electron chi connectivity index (χ1n) is 4.49. The van der Waals surface area contributed by atoms with Crippen LogP contribution in [-0.4, -0.2) is 39.3 Å². The lowest BCUT2D eigenvalue weighted by atomic mass is 10.0. The summed E-state index contributed by atoms with van der Waals surface area (Å²) < 4.78 is 0. The highest BCUT2D eigenvalue weighted by Crippen LogP contribution is 2.13. The average Bonchev–Trinajstić information content (AvgIpc) is 2.64. The minimum Gasteiger partial charge on any atom is -0.391 e. The van der Waals surface area contributed by atoms with Gasteiger partial charge in [-0.25, -0.2) is 0 Å². The summed E-state index contributed by atoms with van der Waals surface area (Å²) in [4.78, 5) is 1.55. The number of aryl methyl sites for hydroxylation is 1. The second-order valence-corrected chi connectivity index (χ2v) is 3.52. The first kappa shape index (κ1) is 8.65. The van der Waals surface area contributed by atoms with E-state index in [0.717, 1.165) is 18.7 Å². The number of β-amino-alcohol motifs (C(OH)–C–C–N with tert-alkyl or cyclic N) is 1. The molecule has 0 bridgehead atoms. The summed E-state index contributed by atoms with van der Waals surface area (Å²) in [7, 11) is 1.80. The zero-order chi connectivity index (χ0) is 9.26. The van der Waals surface area contributed by atoms with E-state index in [-0.39, 0.29) is 12.0 Å². The van der Waals surface area contributed by atoms with Gasteiger partial charge >= 0.3 is 0 Å². The number of aliphatic hydroxyl groups is 1. The first-order chi connectivity index (χ1) is 6.25. The molecule has 0 spiro atoms. The van der Waals surface area contributed by atoms with E-state index in [9.17, 15) is 5.11 Å². The molecule has 0 aromatic carbocycles. The van der Waals surface area contributed by atoms with Crippen LogP contribution in [-0.2, 0) is 13.5 Å². The zero-order valence-electron chi connectivity index (χ0n) is 7.64. The number of nitrogens with zero attached hydrogens (tertiary/aromatic N) is 3. The van der Waals surface area contributed by atoms with Gasteiger partial charge in [0.2, 0.25) is 0 Å². The van der Waals surface area contributed by atoms with Crippen molar-refractivity contribution in [3.63, 3.8) is 0 Å². The highest BCUT2D eigenvalue weighted by molar-refractivity contribution is 4.97. The lowest BCUT2D eigenvalue weighted by Crippen LogP contribution is -2.20. The lowest BCUT2D eigenvalue weighted by molar-refractivity contribution is 0.147. The summed E-state index contributed by atoms with van der Waals surface area (Å²) in [6.45, 7) is 1.57. The van der Waals surface area contributed by atoms with Gasteiger partial charge in [0.25, 0.3) is 0 Å². The van der Waals surface area contributed by atoms with Gasteiger partial charge in [0, 0.05) is 26.1 Å². The van der Waals surface area contributed by atoms with Crippen LogP contribution in [0.3, 0.4) is 0 Å². The van der Waals surface area contributed by atoms with Gasteiger partial charge in [0.05, 0.1) is 18.0 Å². The van der Waals surface area contributed by atoms with Crippen LogP contribution in [0.15, 0.2) is 6.20 Å². The van der Waals surface area contributed by atoms with Crippen LogP contribution in [0.4, 0.5) is 0 Å². The Labute approximate surface area is 76.8 Å². The Morgan fingerprint density at radius 1 is 1.69 bits per heavy atom. The van der Waals surface area contributed by atoms with Crippen molar-refractivity contribution in [2.24, 2.45) is 13.0 Å². The van der Waals surface area contributed by atoms with Gasteiger partial charge < -0.3 is 10.4 Å². The Kier molecular flexibility index (Phi) is 2.28. The van der Waals surface area contributed by atoms with E-state index in [2.05, 4.69) is 15.5 Å². The Morgan fingerprint density at radius 3 is 3.08 bits per heavy atom. The molecule has 1 aliphatic heterocycles. The molecule has 1 aromatic rings. The zero-order valence-corrected chi connectivity index (χ0v) is 7.64. The smallest absolute Gasteiger partial charge is 0.0831 e. The Balaban J connectivity index is 1.97. The first-order valence-corrected chi connectivity index (χ1v) is 4.49. The highest BCUT2D eigenvalue weighted by atomic mass is 16.3. The fourth-order valence-corrected chi connectivity index (χ4v) is 1.68. The van der Waals surface area contributed by atoms with E-state index in [1.165, 1.54) is 0 Å². The number of aliphatic hydroxyl groups excluding tert-OH is 1. The van der Waals surface area contributed by atoms with Gasteiger partial charge in [-0.05, 0) is 6.42 Å². The molecule has 2 heterocycles. The molecule has 13 heavy (non-hydrogen) atoms. The highest BCUT2D eigenvalue weighted by Gasteiger charge is 2.25. The molecule has 2 atom stereocenters. The Bertz CT molecular complexity index is 285. The number of nitrogens with one attached hydrogen (secondary N) is 1. The maximum atomic E-state index is 9.54. The molecule has 5 nitrogen and oxygen atoms in total. The van der Waals surface area contributed by atoms with E-state index >= 15 is 0 Å². The van der Waals surface area contributed by atoms with E-state index in [1.807, 2.05) is 0 Å². The summed E-state index contributed by atoms with van der Waals surface area (Å²) in [6.07, 6.45) is 2.33. The van der Waals surface area contributed by atoms with E-state index in [0.29, 0.717) is 6.54 Å². The van der Waals surface area contributed by atoms with Crippen molar-refractivity contribution in [3.05, 3.63) is 11.9 Å². The monoisotopic (exact) mass is 182 g/mol. The topological polar surface area (TPSA) is 63.0 Å². The quantitative estimate of drug-likeness (QED) is 0.612. The Hall–Kier alpha value is -0.940. The summed E-state index contributed by atoms with van der Waals surface area (Å²) in [5.74, 6) is 0.289. The molecule has 0 amide bonds. The van der Waals surface area contributed by atoms with Crippen LogP contribution in [0.1, 0.15) is 5.69 Å². The van der Waals surface area contributed by atoms with Crippen LogP contribution in [0, 0.1) is 5.92 Å². The third-order valence-electron chi connectivity index (χ3n) is 2.42. The second kappa shape index (κ2) is 3.43. The van der Waals surface area contributed by atoms with Gasteiger partial charge in [-0.3, -0.25) is 0 Å². The molecule has 1 aliphatic rings. The molecule has 0 saturated carbocycles. The van der Waals surface area contributed by atoms with Gasteiger partial charge in [-0.2, -0.15) is 15.0 Å². The molecule has 1 saturated heterocycles. The maximum absolute atomic E-state index is 9.54. The van der Waals surface area contributed by atoms with E-state index < -0.39 is 0 Å². The van der Waals surface area contributed by atoms with Crippen LogP contribution < -0.4 is 5.32 Å². The molecule has 1 fully saturated rings. The predicted octanol–water partition coefficient (Wildman–Crippen LogP) is -1.06. The van der Waals surface area contributed by atoms with Crippen LogP contribution >= 0.6 is 0 Å². The third kappa shape index (κ3) is 1.87. The van der Waals surface area contributed by atoms with Crippen molar-refractivity contribution in [2.45, 2.75) is 12.5 Å². The van der Waals surface area contributed by atoms with Crippen molar-refractivity contribution in [3.8, 4) is 0 Å². The van der Waals surface area contributed by atoms with Crippen LogP contribution in [0.2, 0.25) is 0 Å². The summed E-state index contributed by atoms with van der Waals surface area (Å²) in [6, 6.07) is 0. The largest absolute Gasteiger partial charge is 0.391 e. The van der Waals surface area contributed by atoms with Crippen molar-refractivity contribution >= 4 is 0 Å². The normalized spacial score (nSPS) is 28.2. The average molecular weight is 182 g/mol. The second-order valence-electron chi connectivity index (χ2n) is 3.52. The van der Waals surface area contributed by atoms with E-state index in [1.54, 1.807) is 18.0 Å². The molecule has 5 heteroatoms. The number of hydrogen-bond donors (Lipinski definition) is 2. The fourth-order valence-electron chi connectivity index (χ4n) is 1.68. The molecule has 0 radical (unpaired) electrons. The molecule has 1 aromatic heterocycles. The fraction of sp³-hybridized carbons (Fsp3) is 0.750. The van der Waals surface area contributed by atoms with Gasteiger partial charge in [-0.1, -0.05) is 0 Å². The molecule has 0 unspecified atom stereocenters. The number of hydrogen-bond acceptors (Lipinski definition) is 4. The van der Waals surface area contributed by atoms with E-state index in [4.69, 9.17) is 0 Å². The minimum absolute atomic E-state index is 0.234. The predicted molar refractivity (Wildman–Crippen MR) is 47.1 cm³/mol. The summed E-state index contributed by atoms with van der Waals surface area (Å²) in [5.41, 5.74) is 0.954. The summed E-state index contributed by atoms with van der Waals surface area (Å²) >= 11 is 0. The lowest BCUT2D eigenvalue weighted by Gasteiger charge is -2.10. The Morgan fingerprint density at radius 2 is 2.54 bits per heavy atom. The van der Waals surface area contributed by atoms with Crippen molar-refractivity contribution in [2.75, 3.05) is 13.1 Å². The standard InChI is InChI=1S/C8H14N4O/c1-12-10-4-7(11-12)2-6-3-9-5-8(6)13/h4,6,8-9,13H,2-3,5H2,1H3/t6-,8-/m1/s1. The minimum atomic E-state index is -0.234. The SMILES string of the molecule is Cn1ncc(C[C@@H]2CNC[C@H]2O)n1. The van der Waals surface area contributed by atoms with Crippen LogP contribution in [0.25, 0.3) is 0 Å². The third-order valence-corrected chi connectivity index (χ3v) is 2.42. The van der Waals surface area contributed by atoms with Crippen LogP contribution in [0.5, 0.6) is 0 Å². The van der Waals surface area contributed by atoms with Gasteiger partial charge in [0.1, 0.15) is 0 Å². The number of rotatable bonds is 2. The molecule has 2 N–H and O–H groups in total. The number of aromatic nitrogens is 3. The molecular formula is C8H14N4O. The maximum Gasteiger partial charge on any atom is 0.0831 e. The van der Waals surface area contributed by atoms with Crippen molar-refractivity contribution in [1.29, 1.82) is 0 Å². The molecular weight excluding hydrogens is 168 g/mol. The molecule has 0 aliphatic carbocycles. The van der Waals surface area contributed by atoms with Gasteiger partial charge in [0.15, 0.2) is 0 Å². The van der Waals surface area contributed by atoms with Crippen molar-refractivity contribution < 1.29 is 5.11 Å². The van der Waals surface area contributed by atoms with Gasteiger partial charge in [-0.15, -0.1) is 0 Å². The summed E-state index contributed by atoms with van der Waals surface area (Å²) in [5, 5.41) is 20.8.